The first kappa shape index (κ1) is 35.5. The van der Waals surface area contributed by atoms with Gasteiger partial charge in [-0.3, -0.25) is 0 Å². The second kappa shape index (κ2) is 14.7. The summed E-state index contributed by atoms with van der Waals surface area (Å²) in [7, 11) is 0. The third-order valence-electron chi connectivity index (χ3n) is 12.0. The topological polar surface area (TPSA) is 48.5 Å². The Balaban J connectivity index is 0.985. The van der Waals surface area contributed by atoms with Crippen LogP contribution in [0.1, 0.15) is 0 Å². The zero-order valence-corrected chi connectivity index (χ0v) is 33.6. The second-order valence-corrected chi connectivity index (χ2v) is 15.6. The van der Waals surface area contributed by atoms with Gasteiger partial charge < -0.3 is 9.13 Å². The Hall–Kier alpha value is -8.41. The molecule has 12 aromatic rings. The summed E-state index contributed by atoms with van der Waals surface area (Å²) in [6, 6.07) is 79.1. The van der Waals surface area contributed by atoms with Crippen LogP contribution in [-0.2, 0) is 0 Å². The van der Waals surface area contributed by atoms with E-state index in [9.17, 15) is 0 Å². The summed E-state index contributed by atoms with van der Waals surface area (Å²) in [5.41, 5.74) is 14.3. The van der Waals surface area contributed by atoms with Gasteiger partial charge in [0.05, 0.1) is 22.1 Å². The molecule has 0 unspecified atom stereocenters. The van der Waals surface area contributed by atoms with Crippen molar-refractivity contribution in [3.63, 3.8) is 0 Å². The molecule has 0 aliphatic carbocycles. The molecule has 3 aromatic heterocycles. The lowest BCUT2D eigenvalue weighted by Gasteiger charge is -2.11. The van der Waals surface area contributed by atoms with Gasteiger partial charge in [-0.25, -0.2) is 15.0 Å². The molecule has 0 aliphatic heterocycles. The molecule has 62 heavy (non-hydrogen) atoms. The van der Waals surface area contributed by atoms with Crippen LogP contribution in [0.25, 0.3) is 111 Å². The molecule has 5 nitrogen and oxygen atoms in total. The first-order valence-corrected chi connectivity index (χ1v) is 20.9. The number of benzene rings is 9. The average molecular weight is 792 g/mol. The van der Waals surface area contributed by atoms with Crippen molar-refractivity contribution in [2.75, 3.05) is 0 Å². The van der Waals surface area contributed by atoms with Crippen LogP contribution in [0.4, 0.5) is 0 Å². The maximum atomic E-state index is 5.12. The van der Waals surface area contributed by atoms with Crippen LogP contribution in [0.15, 0.2) is 224 Å². The molecule has 0 atom stereocenters. The third kappa shape index (κ3) is 5.98. The van der Waals surface area contributed by atoms with Crippen molar-refractivity contribution in [1.29, 1.82) is 0 Å². The summed E-state index contributed by atoms with van der Waals surface area (Å²) < 4.78 is 4.77. The highest BCUT2D eigenvalue weighted by atomic mass is 15.0. The second-order valence-electron chi connectivity index (χ2n) is 15.6. The largest absolute Gasteiger partial charge is 0.309 e. The molecule has 290 valence electrons. The van der Waals surface area contributed by atoms with E-state index < -0.39 is 0 Å². The first-order chi connectivity index (χ1) is 30.7. The molecular formula is C57H37N5. The van der Waals surface area contributed by atoms with Crippen molar-refractivity contribution in [2.24, 2.45) is 0 Å². The van der Waals surface area contributed by atoms with E-state index in [1.807, 2.05) is 12.1 Å². The quantitative estimate of drug-likeness (QED) is 0.162. The predicted molar refractivity (Wildman–Crippen MR) is 256 cm³/mol. The van der Waals surface area contributed by atoms with Crippen LogP contribution in [0.5, 0.6) is 0 Å². The van der Waals surface area contributed by atoms with E-state index >= 15 is 0 Å². The van der Waals surface area contributed by atoms with Crippen molar-refractivity contribution in [3.05, 3.63) is 224 Å². The highest BCUT2D eigenvalue weighted by molar-refractivity contribution is 6.28. The minimum Gasteiger partial charge on any atom is -0.309 e. The molecule has 0 aliphatic rings. The fourth-order valence-corrected chi connectivity index (χ4v) is 9.06. The summed E-state index contributed by atoms with van der Waals surface area (Å²) in [6.07, 6.45) is 0. The minimum absolute atomic E-state index is 0.619. The first-order valence-electron chi connectivity index (χ1n) is 20.9. The molecule has 9 aromatic carbocycles. The fourth-order valence-electron chi connectivity index (χ4n) is 9.06. The van der Waals surface area contributed by atoms with E-state index in [0.29, 0.717) is 17.5 Å². The van der Waals surface area contributed by atoms with Crippen LogP contribution >= 0.6 is 0 Å². The predicted octanol–water partition coefficient (Wildman–Crippen LogP) is 14.4. The SMILES string of the molecule is c1ccc(-c2ccc(-c3nc(-c4ccc(-c5ccccc5)cc4)nc(-c4ccc(-n5c6ccccc6c6c7c8ccccc8n(-c8ccccc8)c7ccc65)cc4)n3)cc2)cc1. The molecule has 0 amide bonds. The molecular weight excluding hydrogens is 755 g/mol. The number of rotatable bonds is 7. The average Bonchev–Trinajstić information content (AvgIpc) is 3.88. The van der Waals surface area contributed by atoms with Crippen molar-refractivity contribution in [2.45, 2.75) is 0 Å². The molecule has 0 radical (unpaired) electrons. The van der Waals surface area contributed by atoms with Gasteiger partial charge >= 0.3 is 0 Å². The number of hydrogen-bond donors (Lipinski definition) is 0. The number of fused-ring (bicyclic) bond motifs is 7. The van der Waals surface area contributed by atoms with E-state index in [-0.39, 0.29) is 0 Å². The summed E-state index contributed by atoms with van der Waals surface area (Å²) in [5, 5.41) is 4.96. The highest BCUT2D eigenvalue weighted by Crippen LogP contribution is 2.42. The molecule has 12 rings (SSSR count). The maximum absolute atomic E-state index is 5.12. The van der Waals surface area contributed by atoms with E-state index in [2.05, 4.69) is 221 Å². The van der Waals surface area contributed by atoms with Crippen molar-refractivity contribution in [3.8, 4) is 67.8 Å². The van der Waals surface area contributed by atoms with Gasteiger partial charge in [0, 0.05) is 49.6 Å². The number of aromatic nitrogens is 5. The molecule has 0 fully saturated rings. The molecule has 0 saturated heterocycles. The van der Waals surface area contributed by atoms with Crippen molar-refractivity contribution < 1.29 is 0 Å². The third-order valence-corrected chi connectivity index (χ3v) is 12.0. The summed E-state index contributed by atoms with van der Waals surface area (Å²) in [4.78, 5) is 15.3. The van der Waals surface area contributed by atoms with Crippen LogP contribution in [0.2, 0.25) is 0 Å². The van der Waals surface area contributed by atoms with Crippen LogP contribution in [0.3, 0.4) is 0 Å². The smallest absolute Gasteiger partial charge is 0.164 e. The van der Waals surface area contributed by atoms with Gasteiger partial charge in [0.2, 0.25) is 0 Å². The van der Waals surface area contributed by atoms with E-state index in [1.165, 1.54) is 43.7 Å². The molecule has 5 heteroatoms. The van der Waals surface area contributed by atoms with E-state index in [4.69, 9.17) is 15.0 Å². The Morgan fingerprint density at radius 2 is 0.532 bits per heavy atom. The zero-order chi connectivity index (χ0) is 41.0. The van der Waals surface area contributed by atoms with Gasteiger partial charge in [-0.05, 0) is 82.9 Å². The van der Waals surface area contributed by atoms with Crippen LogP contribution in [0, 0.1) is 0 Å². The summed E-state index contributed by atoms with van der Waals surface area (Å²) >= 11 is 0. The fraction of sp³-hybridized carbons (Fsp3) is 0. The van der Waals surface area contributed by atoms with Crippen LogP contribution < -0.4 is 0 Å². The van der Waals surface area contributed by atoms with Gasteiger partial charge in [-0.15, -0.1) is 0 Å². The molecule has 0 saturated carbocycles. The zero-order valence-electron chi connectivity index (χ0n) is 33.6. The number of hydrogen-bond acceptors (Lipinski definition) is 3. The van der Waals surface area contributed by atoms with Gasteiger partial charge in [-0.1, -0.05) is 164 Å². The van der Waals surface area contributed by atoms with Crippen molar-refractivity contribution in [1.82, 2.24) is 24.1 Å². The molecule has 0 bridgehead atoms. The number of nitrogens with zero attached hydrogens (tertiary/aromatic N) is 5. The van der Waals surface area contributed by atoms with Gasteiger partial charge in [0.1, 0.15) is 0 Å². The Morgan fingerprint density at radius 3 is 0.952 bits per heavy atom. The standard InChI is InChI=1S/C57H37N5/c1-4-14-38(15-5-1)40-24-28-42(29-25-40)55-58-56(43-30-26-41(27-31-43)39-16-6-2-7-17-39)60-57(59-55)44-32-34-46(35-33-44)62-50-23-13-11-21-48(50)54-52(62)37-36-51-53(54)47-20-10-12-22-49(47)61(51)45-18-8-3-9-19-45/h1-37H. The lowest BCUT2D eigenvalue weighted by atomic mass is 10.0. The van der Waals surface area contributed by atoms with E-state index in [0.717, 1.165) is 50.2 Å². The molecule has 0 N–H and O–H groups in total. The minimum atomic E-state index is 0.619. The maximum Gasteiger partial charge on any atom is 0.164 e. The van der Waals surface area contributed by atoms with Gasteiger partial charge in [0.25, 0.3) is 0 Å². The molecule has 0 spiro atoms. The Kier molecular flexibility index (Phi) is 8.42. The van der Waals surface area contributed by atoms with Gasteiger partial charge in [-0.2, -0.15) is 0 Å². The Bertz CT molecular complexity index is 3470. The Labute approximate surface area is 358 Å². The number of para-hydroxylation sites is 3. The van der Waals surface area contributed by atoms with Crippen molar-refractivity contribution >= 4 is 43.6 Å². The highest BCUT2D eigenvalue weighted by Gasteiger charge is 2.21. The lowest BCUT2D eigenvalue weighted by molar-refractivity contribution is 1.07. The van der Waals surface area contributed by atoms with Crippen LogP contribution in [-0.4, -0.2) is 24.1 Å². The van der Waals surface area contributed by atoms with E-state index in [1.54, 1.807) is 0 Å². The molecule has 3 heterocycles. The summed E-state index contributed by atoms with van der Waals surface area (Å²) in [5.74, 6) is 1.87. The monoisotopic (exact) mass is 791 g/mol. The normalized spacial score (nSPS) is 11.5. The summed E-state index contributed by atoms with van der Waals surface area (Å²) in [6.45, 7) is 0. The Morgan fingerprint density at radius 1 is 0.226 bits per heavy atom. The lowest BCUT2D eigenvalue weighted by Crippen LogP contribution is -2.00. The van der Waals surface area contributed by atoms with Gasteiger partial charge in [0.15, 0.2) is 17.5 Å².